The zero-order valence-corrected chi connectivity index (χ0v) is 14.4. The monoisotopic (exact) mass is 338 g/mol. The van der Waals surface area contributed by atoms with Crippen molar-refractivity contribution in [3.05, 3.63) is 0 Å². The first-order valence-electron chi connectivity index (χ1n) is 7.08. The second kappa shape index (κ2) is 9.78. The number of nitrogens with zero attached hydrogens (tertiary/aromatic N) is 1. The molecule has 130 valence electrons. The highest BCUT2D eigenvalue weighted by atomic mass is 31.2. The third kappa shape index (κ3) is 9.73. The van der Waals surface area contributed by atoms with Gasteiger partial charge in [-0.1, -0.05) is 0 Å². The summed E-state index contributed by atoms with van der Waals surface area (Å²) < 4.78 is 23.1. The first-order valence-corrected chi connectivity index (χ1v) is 8.63. The quantitative estimate of drug-likeness (QED) is 0.189. The van der Waals surface area contributed by atoms with E-state index in [0.717, 1.165) is 0 Å². The van der Waals surface area contributed by atoms with Crippen LogP contribution < -0.4 is 16.6 Å². The Bertz CT molecular complexity index is 410. The van der Waals surface area contributed by atoms with Crippen molar-refractivity contribution in [2.75, 3.05) is 6.54 Å². The maximum Gasteiger partial charge on any atom is 0.406 e. The number of guanidine groups is 1. The largest absolute Gasteiger partial charge is 0.480 e. The third-order valence-electron chi connectivity index (χ3n) is 2.26. The molecule has 0 aromatic heterocycles. The van der Waals surface area contributed by atoms with Crippen molar-refractivity contribution in [1.29, 1.82) is 0 Å². The summed E-state index contributed by atoms with van der Waals surface area (Å²) in [7, 11) is -3.73. The van der Waals surface area contributed by atoms with Crippen molar-refractivity contribution >= 4 is 19.7 Å². The molecule has 22 heavy (non-hydrogen) atoms. The summed E-state index contributed by atoms with van der Waals surface area (Å²) in [6, 6.07) is -1.09. The zero-order valence-electron chi connectivity index (χ0n) is 13.5. The second-order valence-corrected chi connectivity index (χ2v) is 6.95. The lowest BCUT2D eigenvalue weighted by Crippen LogP contribution is -2.36. The molecule has 0 spiro atoms. The van der Waals surface area contributed by atoms with Gasteiger partial charge in [-0.25, -0.2) is 9.65 Å². The Labute approximate surface area is 131 Å². The number of nitrogens with two attached hydrogens (primary N) is 2. The van der Waals surface area contributed by atoms with E-state index >= 15 is 0 Å². The van der Waals surface area contributed by atoms with Crippen LogP contribution in [0.2, 0.25) is 0 Å². The minimum atomic E-state index is -3.73. The van der Waals surface area contributed by atoms with Crippen molar-refractivity contribution in [2.24, 2.45) is 16.5 Å². The van der Waals surface area contributed by atoms with Gasteiger partial charge in [0, 0.05) is 6.54 Å². The smallest absolute Gasteiger partial charge is 0.406 e. The predicted octanol–water partition coefficient (Wildman–Crippen LogP) is 1.04. The van der Waals surface area contributed by atoms with Crippen LogP contribution in [0.4, 0.5) is 0 Å². The van der Waals surface area contributed by atoms with Crippen molar-refractivity contribution in [2.45, 2.75) is 58.8 Å². The van der Waals surface area contributed by atoms with Gasteiger partial charge in [-0.05, 0) is 40.5 Å². The van der Waals surface area contributed by atoms with Crippen molar-refractivity contribution in [3.8, 4) is 0 Å². The van der Waals surface area contributed by atoms with Crippen molar-refractivity contribution in [3.63, 3.8) is 0 Å². The fraction of sp³-hybridized carbons (Fsp3) is 0.833. The van der Waals surface area contributed by atoms with E-state index in [-0.39, 0.29) is 31.1 Å². The zero-order chi connectivity index (χ0) is 17.3. The average molecular weight is 338 g/mol. The maximum absolute atomic E-state index is 12.6. The van der Waals surface area contributed by atoms with E-state index in [2.05, 4.69) is 10.1 Å². The Balaban J connectivity index is 4.81. The van der Waals surface area contributed by atoms with Gasteiger partial charge < -0.3 is 16.6 Å². The standard InChI is InChI=1S/C12H27N4O5P/c1-8(2)20-22(19,21-9(3)4)16-10(11(17)18)6-5-7-15-12(13)14/h8-10H,5-7H2,1-4H3,(H,16,19)(H,17,18)(H4,13,14,15)/t10-/m0/s1. The fourth-order valence-corrected chi connectivity index (χ4v) is 3.48. The Morgan fingerprint density at radius 3 is 2.09 bits per heavy atom. The summed E-state index contributed by atoms with van der Waals surface area (Å²) >= 11 is 0. The minimum absolute atomic E-state index is 0.0585. The lowest BCUT2D eigenvalue weighted by Gasteiger charge is -2.26. The van der Waals surface area contributed by atoms with Crippen LogP contribution in [0, 0.1) is 0 Å². The van der Waals surface area contributed by atoms with Crippen LogP contribution in [0.3, 0.4) is 0 Å². The van der Waals surface area contributed by atoms with E-state index in [1.807, 2.05) is 0 Å². The molecule has 9 nitrogen and oxygen atoms in total. The second-order valence-electron chi connectivity index (χ2n) is 5.27. The van der Waals surface area contributed by atoms with E-state index < -0.39 is 19.8 Å². The molecule has 0 rings (SSSR count). The molecule has 0 saturated carbocycles. The topological polar surface area (TPSA) is 149 Å². The molecule has 0 heterocycles. The molecule has 0 aliphatic heterocycles. The lowest BCUT2D eigenvalue weighted by atomic mass is 10.2. The number of carboxylic acid groups (broad SMARTS) is 1. The van der Waals surface area contributed by atoms with Gasteiger partial charge in [-0.2, -0.15) is 0 Å². The Morgan fingerprint density at radius 1 is 1.23 bits per heavy atom. The molecule has 10 heteroatoms. The molecule has 0 aromatic rings. The molecule has 6 N–H and O–H groups in total. The van der Waals surface area contributed by atoms with Crippen LogP contribution in [-0.2, 0) is 18.4 Å². The number of aliphatic imine (C=N–C) groups is 1. The van der Waals surface area contributed by atoms with Gasteiger partial charge in [0.25, 0.3) is 0 Å². The van der Waals surface area contributed by atoms with E-state index in [4.69, 9.17) is 20.5 Å². The van der Waals surface area contributed by atoms with Crippen LogP contribution >= 0.6 is 7.75 Å². The molecule has 0 amide bonds. The van der Waals surface area contributed by atoms with Gasteiger partial charge in [0.15, 0.2) is 5.96 Å². The Kier molecular flexibility index (Phi) is 9.27. The lowest BCUT2D eigenvalue weighted by molar-refractivity contribution is -0.139. The normalized spacial score (nSPS) is 13.4. The van der Waals surface area contributed by atoms with E-state index in [9.17, 15) is 14.5 Å². The first kappa shape index (κ1) is 20.9. The van der Waals surface area contributed by atoms with Gasteiger partial charge in [0.2, 0.25) is 0 Å². The van der Waals surface area contributed by atoms with Gasteiger partial charge >= 0.3 is 13.7 Å². The molecule has 0 bridgehead atoms. The number of hydrogen-bond acceptors (Lipinski definition) is 5. The van der Waals surface area contributed by atoms with Gasteiger partial charge in [0.05, 0.1) is 12.2 Å². The molecule has 0 saturated heterocycles. The maximum atomic E-state index is 12.6. The summed E-state index contributed by atoms with van der Waals surface area (Å²) in [4.78, 5) is 15.1. The van der Waals surface area contributed by atoms with Crippen LogP contribution in [0.15, 0.2) is 4.99 Å². The molecule has 0 aliphatic rings. The highest BCUT2D eigenvalue weighted by molar-refractivity contribution is 7.51. The first-order chi connectivity index (χ1) is 10.1. The summed E-state index contributed by atoms with van der Waals surface area (Å²) in [5, 5.41) is 11.7. The summed E-state index contributed by atoms with van der Waals surface area (Å²) in [6.45, 7) is 7.03. The number of aliphatic carboxylic acids is 1. The number of hydrogen-bond donors (Lipinski definition) is 4. The summed E-state index contributed by atoms with van der Waals surface area (Å²) in [5.74, 6) is -1.21. The van der Waals surface area contributed by atoms with Gasteiger partial charge in [-0.15, -0.1) is 0 Å². The summed E-state index contributed by atoms with van der Waals surface area (Å²) in [5.41, 5.74) is 10.4. The molecule has 0 fully saturated rings. The van der Waals surface area contributed by atoms with E-state index in [1.54, 1.807) is 27.7 Å². The number of carboxylic acids is 1. The predicted molar refractivity (Wildman–Crippen MR) is 84.5 cm³/mol. The van der Waals surface area contributed by atoms with Crippen LogP contribution in [0.1, 0.15) is 40.5 Å². The number of nitrogens with one attached hydrogen (secondary N) is 1. The molecule has 0 aliphatic carbocycles. The van der Waals surface area contributed by atoms with Crippen LogP contribution in [0.5, 0.6) is 0 Å². The highest BCUT2D eigenvalue weighted by Crippen LogP contribution is 2.47. The molecule has 0 unspecified atom stereocenters. The van der Waals surface area contributed by atoms with Gasteiger partial charge in [0.1, 0.15) is 6.04 Å². The number of rotatable bonds is 11. The number of carbonyl (C=O) groups is 1. The Morgan fingerprint density at radius 2 is 1.73 bits per heavy atom. The molecule has 0 radical (unpaired) electrons. The molecular weight excluding hydrogens is 311 g/mol. The SMILES string of the molecule is CC(C)OP(=O)(N[C@@H](CCCN=C(N)N)C(=O)O)OC(C)C. The third-order valence-corrected chi connectivity index (χ3v) is 4.28. The molecular formula is C12H27N4O5P. The molecule has 1 atom stereocenters. The van der Waals surface area contributed by atoms with E-state index in [0.29, 0.717) is 6.42 Å². The van der Waals surface area contributed by atoms with Gasteiger partial charge in [-0.3, -0.25) is 18.8 Å². The van der Waals surface area contributed by atoms with Crippen molar-refractivity contribution < 1.29 is 23.5 Å². The highest BCUT2D eigenvalue weighted by Gasteiger charge is 2.33. The summed E-state index contributed by atoms with van der Waals surface area (Å²) in [6.07, 6.45) is -0.175. The van der Waals surface area contributed by atoms with Crippen LogP contribution in [-0.4, -0.2) is 41.8 Å². The van der Waals surface area contributed by atoms with Crippen LogP contribution in [0.25, 0.3) is 0 Å². The van der Waals surface area contributed by atoms with E-state index in [1.165, 1.54) is 0 Å². The fourth-order valence-electron chi connectivity index (χ4n) is 1.58. The minimum Gasteiger partial charge on any atom is -0.480 e. The Hall–Kier alpha value is -1.15. The average Bonchev–Trinajstić information content (AvgIpc) is 2.30. The molecule has 0 aromatic carbocycles. The van der Waals surface area contributed by atoms with Crippen molar-refractivity contribution in [1.82, 2.24) is 5.09 Å².